The summed E-state index contributed by atoms with van der Waals surface area (Å²) in [5.41, 5.74) is 0.789. The Morgan fingerprint density at radius 2 is 2.05 bits per heavy atom. The summed E-state index contributed by atoms with van der Waals surface area (Å²) in [4.78, 5) is 12.2. The third-order valence-electron chi connectivity index (χ3n) is 3.89. The third kappa shape index (κ3) is 3.37. The third-order valence-corrected chi connectivity index (χ3v) is 3.89. The van der Waals surface area contributed by atoms with Gasteiger partial charge < -0.3 is 19.9 Å². The Morgan fingerprint density at radius 1 is 1.38 bits per heavy atom. The number of rotatable bonds is 3. The van der Waals surface area contributed by atoms with Gasteiger partial charge in [-0.15, -0.1) is 0 Å². The van der Waals surface area contributed by atoms with Crippen LogP contribution in [0, 0.1) is 6.92 Å². The molecule has 21 heavy (non-hydrogen) atoms. The van der Waals surface area contributed by atoms with E-state index in [1.54, 1.807) is 6.92 Å². The van der Waals surface area contributed by atoms with Crippen molar-refractivity contribution in [3.05, 3.63) is 11.5 Å². The fourth-order valence-electron chi connectivity index (χ4n) is 2.91. The average molecular weight is 295 g/mol. The smallest absolute Gasteiger partial charge is 0.319 e. The van der Waals surface area contributed by atoms with Crippen molar-refractivity contribution in [3.63, 3.8) is 0 Å². The molecule has 0 spiro atoms. The Bertz CT molecular complexity index is 534. The monoisotopic (exact) mass is 295 g/mol. The summed E-state index contributed by atoms with van der Waals surface area (Å²) in [7, 11) is 0. The van der Waals surface area contributed by atoms with E-state index in [2.05, 4.69) is 15.8 Å². The molecule has 2 heterocycles. The van der Waals surface area contributed by atoms with Gasteiger partial charge >= 0.3 is 6.03 Å². The first kappa shape index (κ1) is 15.8. The van der Waals surface area contributed by atoms with Crippen molar-refractivity contribution in [2.75, 3.05) is 5.32 Å². The Morgan fingerprint density at radius 3 is 2.57 bits per heavy atom. The van der Waals surface area contributed by atoms with Crippen LogP contribution >= 0.6 is 0 Å². The van der Waals surface area contributed by atoms with Gasteiger partial charge in [0.1, 0.15) is 11.4 Å². The Kier molecular flexibility index (Phi) is 4.02. The van der Waals surface area contributed by atoms with Crippen LogP contribution in [0.2, 0.25) is 0 Å². The fourth-order valence-corrected chi connectivity index (χ4v) is 2.91. The summed E-state index contributed by atoms with van der Waals surface area (Å²) in [6.07, 6.45) is 1.48. The van der Waals surface area contributed by atoms with Crippen molar-refractivity contribution in [2.45, 2.75) is 71.6 Å². The van der Waals surface area contributed by atoms with Gasteiger partial charge in [0, 0.05) is 0 Å². The van der Waals surface area contributed by atoms with E-state index >= 15 is 0 Å². The molecule has 0 aromatic carbocycles. The predicted octanol–water partition coefficient (Wildman–Crippen LogP) is 3.01. The van der Waals surface area contributed by atoms with E-state index in [4.69, 9.17) is 9.26 Å². The van der Waals surface area contributed by atoms with Gasteiger partial charge in [0.15, 0.2) is 5.76 Å². The highest BCUT2D eigenvalue weighted by Gasteiger charge is 2.46. The first-order chi connectivity index (χ1) is 9.64. The van der Waals surface area contributed by atoms with Gasteiger partial charge in [0.25, 0.3) is 0 Å². The van der Waals surface area contributed by atoms with Gasteiger partial charge in [-0.05, 0) is 47.5 Å². The van der Waals surface area contributed by atoms with Gasteiger partial charge in [0.05, 0.1) is 17.2 Å². The highest BCUT2D eigenvalue weighted by Crippen LogP contribution is 2.37. The molecule has 1 atom stereocenters. The summed E-state index contributed by atoms with van der Waals surface area (Å²) >= 11 is 0. The number of carbonyl (C=O) groups excluding carboxylic acids is 1. The van der Waals surface area contributed by atoms with E-state index in [0.29, 0.717) is 17.9 Å². The zero-order valence-corrected chi connectivity index (χ0v) is 13.7. The zero-order chi connectivity index (χ0) is 15.8. The molecule has 118 valence electrons. The van der Waals surface area contributed by atoms with Crippen molar-refractivity contribution in [1.82, 2.24) is 10.5 Å². The summed E-state index contributed by atoms with van der Waals surface area (Å²) < 4.78 is 11.1. The molecule has 1 aromatic heterocycles. The number of aryl methyl sites for hydroxylation is 2. The molecule has 1 aliphatic heterocycles. The summed E-state index contributed by atoms with van der Waals surface area (Å²) in [6.45, 7) is 11.8. The van der Waals surface area contributed by atoms with Crippen LogP contribution in [-0.2, 0) is 11.2 Å². The number of hydrogen-bond donors (Lipinski definition) is 2. The SMILES string of the molecule is CCc1noc(C)c1NC(=O)N[C@@H]1CC(C)(C)OC1(C)C. The minimum atomic E-state index is -0.391. The number of ether oxygens (including phenoxy) is 1. The molecule has 1 saturated heterocycles. The number of urea groups is 1. The van der Waals surface area contributed by atoms with Crippen molar-refractivity contribution < 1.29 is 14.1 Å². The largest absolute Gasteiger partial charge is 0.367 e. The molecule has 2 rings (SSSR count). The topological polar surface area (TPSA) is 76.4 Å². The lowest BCUT2D eigenvalue weighted by Crippen LogP contribution is -2.47. The van der Waals surface area contributed by atoms with E-state index in [1.807, 2.05) is 34.6 Å². The molecule has 2 N–H and O–H groups in total. The Balaban J connectivity index is 2.04. The second kappa shape index (κ2) is 5.33. The van der Waals surface area contributed by atoms with E-state index in [9.17, 15) is 4.79 Å². The molecule has 6 nitrogen and oxygen atoms in total. The van der Waals surface area contributed by atoms with Crippen LogP contribution in [0.1, 0.15) is 52.5 Å². The molecule has 2 amide bonds. The van der Waals surface area contributed by atoms with Gasteiger partial charge in [-0.25, -0.2) is 4.79 Å². The molecule has 1 aliphatic rings. The lowest BCUT2D eigenvalue weighted by molar-refractivity contribution is -0.0689. The van der Waals surface area contributed by atoms with Crippen molar-refractivity contribution >= 4 is 11.7 Å². The minimum Gasteiger partial charge on any atom is -0.367 e. The maximum Gasteiger partial charge on any atom is 0.319 e. The molecule has 0 radical (unpaired) electrons. The first-order valence-corrected chi connectivity index (χ1v) is 7.37. The van der Waals surface area contributed by atoms with Crippen LogP contribution in [0.15, 0.2) is 4.52 Å². The fraction of sp³-hybridized carbons (Fsp3) is 0.733. The quantitative estimate of drug-likeness (QED) is 0.898. The Hall–Kier alpha value is -1.56. The molecule has 6 heteroatoms. The molecule has 1 aromatic rings. The number of amides is 2. The standard InChI is InChI=1S/C15H25N3O3/c1-7-10-12(9(2)20-18-10)17-13(19)16-11-8-14(3,4)21-15(11,5)6/h11H,7-8H2,1-6H3,(H2,16,17,19)/t11-/m1/s1. The van der Waals surface area contributed by atoms with Crippen LogP contribution in [0.5, 0.6) is 0 Å². The van der Waals surface area contributed by atoms with Crippen molar-refractivity contribution in [1.29, 1.82) is 0 Å². The van der Waals surface area contributed by atoms with Crippen molar-refractivity contribution in [3.8, 4) is 0 Å². The van der Waals surface area contributed by atoms with E-state index in [1.165, 1.54) is 0 Å². The van der Waals surface area contributed by atoms with Crippen LogP contribution < -0.4 is 10.6 Å². The minimum absolute atomic E-state index is 0.0438. The van der Waals surface area contributed by atoms with Crippen molar-refractivity contribution in [2.24, 2.45) is 0 Å². The lowest BCUT2D eigenvalue weighted by Gasteiger charge is -2.27. The molecule has 0 saturated carbocycles. The molecular weight excluding hydrogens is 270 g/mol. The zero-order valence-electron chi connectivity index (χ0n) is 13.7. The summed E-state index contributed by atoms with van der Waals surface area (Å²) in [5, 5.41) is 9.77. The Labute approximate surface area is 125 Å². The second-order valence-corrected chi connectivity index (χ2v) is 6.73. The number of hydrogen-bond acceptors (Lipinski definition) is 4. The highest BCUT2D eigenvalue weighted by atomic mass is 16.5. The predicted molar refractivity (Wildman–Crippen MR) is 80.4 cm³/mol. The normalized spacial score (nSPS) is 23.0. The van der Waals surface area contributed by atoms with Crippen LogP contribution in [0.4, 0.5) is 10.5 Å². The number of nitrogens with one attached hydrogen (secondary N) is 2. The highest BCUT2D eigenvalue weighted by molar-refractivity contribution is 5.90. The van der Waals surface area contributed by atoms with E-state index in [0.717, 1.165) is 12.1 Å². The molecule has 0 aliphatic carbocycles. The molecule has 0 unspecified atom stereocenters. The number of carbonyl (C=O) groups is 1. The van der Waals surface area contributed by atoms with Gasteiger partial charge in [-0.3, -0.25) is 0 Å². The lowest BCUT2D eigenvalue weighted by atomic mass is 9.95. The number of aromatic nitrogens is 1. The van der Waals surface area contributed by atoms with E-state index in [-0.39, 0.29) is 17.7 Å². The van der Waals surface area contributed by atoms with E-state index < -0.39 is 5.60 Å². The van der Waals surface area contributed by atoms with Gasteiger partial charge in [-0.2, -0.15) is 0 Å². The van der Waals surface area contributed by atoms with Crippen LogP contribution in [0.3, 0.4) is 0 Å². The molecule has 0 bridgehead atoms. The summed E-state index contributed by atoms with van der Waals surface area (Å²) in [5.74, 6) is 0.615. The molecular formula is C15H25N3O3. The summed E-state index contributed by atoms with van der Waals surface area (Å²) in [6, 6.07) is -0.298. The van der Waals surface area contributed by atoms with Gasteiger partial charge in [0.2, 0.25) is 0 Å². The second-order valence-electron chi connectivity index (χ2n) is 6.73. The van der Waals surface area contributed by atoms with Crippen LogP contribution in [0.25, 0.3) is 0 Å². The maximum atomic E-state index is 12.2. The number of anilines is 1. The first-order valence-electron chi connectivity index (χ1n) is 7.37. The van der Waals surface area contributed by atoms with Crippen LogP contribution in [-0.4, -0.2) is 28.4 Å². The number of nitrogens with zero attached hydrogens (tertiary/aromatic N) is 1. The average Bonchev–Trinajstić information content (AvgIpc) is 2.77. The molecule has 1 fully saturated rings. The maximum absolute atomic E-state index is 12.2. The van der Waals surface area contributed by atoms with Gasteiger partial charge in [-0.1, -0.05) is 12.1 Å².